The molecule has 0 spiro atoms. The van der Waals surface area contributed by atoms with E-state index in [1.807, 2.05) is 18.2 Å². The number of thioether (sulfide) groups is 1. The zero-order valence-electron chi connectivity index (χ0n) is 11.1. The molecule has 2 rings (SSSR count). The number of aromatic nitrogens is 1. The van der Waals surface area contributed by atoms with E-state index < -0.39 is 0 Å². The molecule has 0 unspecified atom stereocenters. The van der Waals surface area contributed by atoms with Crippen molar-refractivity contribution in [1.82, 2.24) is 0 Å². The van der Waals surface area contributed by atoms with Crippen LogP contribution in [0.25, 0.3) is 0 Å². The number of rotatable bonds is 5. The molecule has 0 bridgehead atoms. The molecule has 0 saturated heterocycles. The Hall–Kier alpha value is -1.40. The molecule has 1 aromatic carbocycles. The predicted molar refractivity (Wildman–Crippen MR) is 82.2 cm³/mol. The number of methoxy groups -OCH3 is 2. The highest BCUT2D eigenvalue weighted by Gasteiger charge is 2.12. The van der Waals surface area contributed by atoms with Crippen molar-refractivity contribution in [3.63, 3.8) is 0 Å². The van der Waals surface area contributed by atoms with Gasteiger partial charge in [-0.15, -0.1) is 0 Å². The third kappa shape index (κ3) is 3.37. The molecule has 0 saturated carbocycles. The normalized spacial score (nSPS) is 10.3. The summed E-state index contributed by atoms with van der Waals surface area (Å²) in [5.41, 5.74) is 0.974. The Kier molecular flexibility index (Phi) is 5.14. The number of pyridine rings is 1. The van der Waals surface area contributed by atoms with Crippen molar-refractivity contribution in [3.8, 4) is 11.5 Å². The van der Waals surface area contributed by atoms with Crippen LogP contribution in [-0.4, -0.2) is 14.2 Å². The minimum Gasteiger partial charge on any atom is -0.618 e. The first-order valence-electron chi connectivity index (χ1n) is 5.87. The first kappa shape index (κ1) is 15.0. The summed E-state index contributed by atoms with van der Waals surface area (Å²) in [4.78, 5) is 0. The van der Waals surface area contributed by atoms with Gasteiger partial charge in [-0.1, -0.05) is 11.8 Å². The van der Waals surface area contributed by atoms with Crippen molar-refractivity contribution in [2.24, 2.45) is 0 Å². The highest BCUT2D eigenvalue weighted by atomic mass is 79.9. The Labute approximate surface area is 130 Å². The summed E-state index contributed by atoms with van der Waals surface area (Å²) in [6.07, 6.45) is 1.49. The van der Waals surface area contributed by atoms with Gasteiger partial charge in [-0.05, 0) is 34.1 Å². The quantitative estimate of drug-likeness (QED) is 0.468. The van der Waals surface area contributed by atoms with Crippen LogP contribution in [0, 0.1) is 5.21 Å². The molecule has 1 aromatic heterocycles. The molecule has 0 fully saturated rings. The molecule has 106 valence electrons. The molecule has 0 aliphatic heterocycles. The van der Waals surface area contributed by atoms with Gasteiger partial charge in [0.05, 0.1) is 18.7 Å². The second kappa shape index (κ2) is 6.85. The number of ether oxygens (including phenoxy) is 2. The van der Waals surface area contributed by atoms with Crippen LogP contribution in [0.2, 0.25) is 0 Å². The smallest absolute Gasteiger partial charge is 0.251 e. The SMILES string of the molecule is COc1cc(CSc2cccc[n+]2[O-])c(OC)cc1Br. The van der Waals surface area contributed by atoms with Crippen LogP contribution in [0.15, 0.2) is 46.0 Å². The van der Waals surface area contributed by atoms with E-state index in [4.69, 9.17) is 9.47 Å². The van der Waals surface area contributed by atoms with E-state index in [0.29, 0.717) is 10.8 Å². The summed E-state index contributed by atoms with van der Waals surface area (Å²) < 4.78 is 12.3. The van der Waals surface area contributed by atoms with Gasteiger partial charge in [0.2, 0.25) is 0 Å². The molecule has 20 heavy (non-hydrogen) atoms. The van der Waals surface area contributed by atoms with E-state index in [1.165, 1.54) is 18.0 Å². The van der Waals surface area contributed by atoms with Gasteiger partial charge in [-0.2, -0.15) is 4.73 Å². The maximum atomic E-state index is 11.6. The lowest BCUT2D eigenvalue weighted by Crippen LogP contribution is -2.27. The van der Waals surface area contributed by atoms with Crippen molar-refractivity contribution in [2.75, 3.05) is 14.2 Å². The van der Waals surface area contributed by atoms with Crippen molar-refractivity contribution < 1.29 is 14.2 Å². The van der Waals surface area contributed by atoms with Gasteiger partial charge >= 0.3 is 0 Å². The average Bonchev–Trinajstić information content (AvgIpc) is 2.47. The van der Waals surface area contributed by atoms with Gasteiger partial charge < -0.3 is 14.7 Å². The van der Waals surface area contributed by atoms with Crippen LogP contribution in [0.3, 0.4) is 0 Å². The zero-order valence-corrected chi connectivity index (χ0v) is 13.5. The molecule has 2 aromatic rings. The Bertz CT molecular complexity index is 607. The number of nitrogens with zero attached hydrogens (tertiary/aromatic N) is 1. The highest BCUT2D eigenvalue weighted by Crippen LogP contribution is 2.35. The van der Waals surface area contributed by atoms with Crippen molar-refractivity contribution in [2.45, 2.75) is 10.8 Å². The minimum absolute atomic E-state index is 0.624. The number of halogens is 1. The van der Waals surface area contributed by atoms with Gasteiger partial charge in [0.25, 0.3) is 5.03 Å². The zero-order chi connectivity index (χ0) is 14.5. The Morgan fingerprint density at radius 2 is 1.95 bits per heavy atom. The fourth-order valence-electron chi connectivity index (χ4n) is 1.71. The summed E-state index contributed by atoms with van der Waals surface area (Å²) in [5.74, 6) is 2.13. The van der Waals surface area contributed by atoms with E-state index in [9.17, 15) is 5.21 Å². The Morgan fingerprint density at radius 3 is 2.60 bits per heavy atom. The third-order valence-electron chi connectivity index (χ3n) is 2.72. The third-order valence-corrected chi connectivity index (χ3v) is 4.41. The van der Waals surface area contributed by atoms with E-state index in [0.717, 1.165) is 26.3 Å². The predicted octanol–water partition coefficient (Wildman–Crippen LogP) is 3.39. The van der Waals surface area contributed by atoms with Crippen LogP contribution < -0.4 is 14.2 Å². The summed E-state index contributed by atoms with van der Waals surface area (Å²) in [7, 11) is 3.24. The molecule has 0 radical (unpaired) electrons. The lowest BCUT2D eigenvalue weighted by atomic mass is 10.2. The highest BCUT2D eigenvalue weighted by molar-refractivity contribution is 9.10. The van der Waals surface area contributed by atoms with E-state index >= 15 is 0 Å². The standard InChI is InChI=1S/C14H14BrNO3S/c1-18-12-8-11(15)13(19-2)7-10(12)9-20-14-5-3-4-6-16(14)17/h3-8H,9H2,1-2H3. The average molecular weight is 356 g/mol. The topological polar surface area (TPSA) is 45.4 Å². The first-order chi connectivity index (χ1) is 9.65. The molecular weight excluding hydrogens is 342 g/mol. The Morgan fingerprint density at radius 1 is 1.20 bits per heavy atom. The number of hydrogen-bond acceptors (Lipinski definition) is 4. The van der Waals surface area contributed by atoms with Crippen LogP contribution in [-0.2, 0) is 5.75 Å². The van der Waals surface area contributed by atoms with E-state index in [-0.39, 0.29) is 0 Å². The largest absolute Gasteiger partial charge is 0.618 e. The van der Waals surface area contributed by atoms with Crippen LogP contribution in [0.5, 0.6) is 11.5 Å². The van der Waals surface area contributed by atoms with E-state index in [2.05, 4.69) is 15.9 Å². The van der Waals surface area contributed by atoms with Crippen LogP contribution in [0.4, 0.5) is 0 Å². The van der Waals surface area contributed by atoms with Crippen molar-refractivity contribution in [3.05, 3.63) is 51.8 Å². The lowest BCUT2D eigenvalue weighted by molar-refractivity contribution is -0.645. The monoisotopic (exact) mass is 355 g/mol. The van der Waals surface area contributed by atoms with E-state index in [1.54, 1.807) is 26.4 Å². The molecular formula is C14H14BrNO3S. The molecule has 0 N–H and O–H groups in total. The number of benzene rings is 1. The van der Waals surface area contributed by atoms with Crippen LogP contribution in [0.1, 0.15) is 5.56 Å². The molecule has 0 aliphatic carbocycles. The second-order valence-electron chi connectivity index (χ2n) is 3.95. The fourth-order valence-corrected chi connectivity index (χ4v) is 3.09. The van der Waals surface area contributed by atoms with Gasteiger partial charge in [-0.3, -0.25) is 0 Å². The summed E-state index contributed by atoms with van der Waals surface area (Å²) in [6, 6.07) is 9.12. The number of hydrogen-bond donors (Lipinski definition) is 0. The Balaban J connectivity index is 2.22. The summed E-state index contributed by atoms with van der Waals surface area (Å²) in [5, 5.41) is 12.3. The van der Waals surface area contributed by atoms with Gasteiger partial charge in [0.15, 0.2) is 6.20 Å². The fraction of sp³-hybridized carbons (Fsp3) is 0.214. The lowest BCUT2D eigenvalue weighted by Gasteiger charge is -2.12. The van der Waals surface area contributed by atoms with Crippen molar-refractivity contribution in [1.29, 1.82) is 0 Å². The van der Waals surface area contributed by atoms with Gasteiger partial charge in [0, 0.05) is 23.4 Å². The second-order valence-corrected chi connectivity index (χ2v) is 5.80. The van der Waals surface area contributed by atoms with Crippen molar-refractivity contribution >= 4 is 27.7 Å². The molecule has 0 aliphatic rings. The summed E-state index contributed by atoms with van der Waals surface area (Å²) >= 11 is 4.88. The maximum absolute atomic E-state index is 11.6. The summed E-state index contributed by atoms with van der Waals surface area (Å²) in [6.45, 7) is 0. The maximum Gasteiger partial charge on any atom is 0.251 e. The molecule has 1 heterocycles. The van der Waals surface area contributed by atoms with Gasteiger partial charge in [0.1, 0.15) is 11.5 Å². The first-order valence-corrected chi connectivity index (χ1v) is 7.65. The van der Waals surface area contributed by atoms with Gasteiger partial charge in [-0.25, -0.2) is 0 Å². The van der Waals surface area contributed by atoms with Crippen LogP contribution >= 0.6 is 27.7 Å². The minimum atomic E-state index is 0.624. The molecule has 0 amide bonds. The molecule has 0 atom stereocenters. The molecule has 4 nitrogen and oxygen atoms in total. The molecule has 6 heteroatoms.